The first-order valence-corrected chi connectivity index (χ1v) is 3.55. The van der Waals surface area contributed by atoms with Crippen LogP contribution in [0.25, 0.3) is 0 Å². The molecule has 0 aliphatic rings. The van der Waals surface area contributed by atoms with Crippen LogP contribution in [0.4, 0.5) is 0 Å². The zero-order chi connectivity index (χ0) is 10.6. The van der Waals surface area contributed by atoms with Crippen LogP contribution in [-0.4, -0.2) is 38.4 Å². The fourth-order valence-electron chi connectivity index (χ4n) is 0.767. The predicted octanol–water partition coefficient (Wildman–Crippen LogP) is -1.00. The van der Waals surface area contributed by atoms with Gasteiger partial charge < -0.3 is 10.2 Å². The molecule has 8 nitrogen and oxygen atoms in total. The highest BCUT2D eigenvalue weighted by Gasteiger charge is 2.44. The second-order valence-corrected chi connectivity index (χ2v) is 2.45. The van der Waals surface area contributed by atoms with E-state index in [0.717, 1.165) is 0 Å². The van der Waals surface area contributed by atoms with Crippen molar-refractivity contribution in [1.29, 1.82) is 0 Å². The van der Waals surface area contributed by atoms with Crippen molar-refractivity contribution in [2.45, 2.75) is 31.7 Å². The third kappa shape index (κ3) is 2.92. The molecule has 0 aliphatic carbocycles. The second kappa shape index (κ2) is 4.67. The van der Waals surface area contributed by atoms with Crippen molar-refractivity contribution in [3.63, 3.8) is 0 Å². The van der Waals surface area contributed by atoms with Gasteiger partial charge in [-0.25, -0.2) is 0 Å². The highest BCUT2D eigenvalue weighted by molar-refractivity contribution is 4.67. The fraction of sp³-hybridized carbons (Fsp3) is 1.00. The van der Waals surface area contributed by atoms with E-state index in [9.17, 15) is 20.2 Å². The van der Waals surface area contributed by atoms with E-state index in [4.69, 9.17) is 10.2 Å². The van der Waals surface area contributed by atoms with Crippen LogP contribution in [0.2, 0.25) is 0 Å². The Balaban J connectivity index is 4.55. The molecule has 0 saturated carbocycles. The number of aliphatic hydroxyl groups excluding tert-OH is 2. The standard InChI is InChI=1S/C5H10N2O6/c1-2-3(8)4(9)5(6(10)11)7(12)13/h3-5,8-9H,2H2,1H3. The van der Waals surface area contributed by atoms with Crippen molar-refractivity contribution in [2.24, 2.45) is 0 Å². The third-order valence-electron chi connectivity index (χ3n) is 1.55. The molecule has 2 unspecified atom stereocenters. The maximum Gasteiger partial charge on any atom is 0.478 e. The Hall–Kier alpha value is -1.28. The number of nitro groups is 2. The van der Waals surface area contributed by atoms with Crippen molar-refractivity contribution in [3.05, 3.63) is 20.2 Å². The van der Waals surface area contributed by atoms with E-state index in [1.807, 2.05) is 0 Å². The molecule has 0 saturated heterocycles. The Kier molecular flexibility index (Phi) is 4.21. The molecule has 0 amide bonds. The molecule has 2 atom stereocenters. The van der Waals surface area contributed by atoms with Crippen LogP contribution in [0.15, 0.2) is 0 Å². The summed E-state index contributed by atoms with van der Waals surface area (Å²) in [7, 11) is 0. The lowest BCUT2D eigenvalue weighted by molar-refractivity contribution is -0.753. The van der Waals surface area contributed by atoms with Gasteiger partial charge in [0.2, 0.25) is 6.10 Å². The van der Waals surface area contributed by atoms with E-state index < -0.39 is 28.2 Å². The molecule has 0 rings (SSSR count). The zero-order valence-electron chi connectivity index (χ0n) is 6.86. The Morgan fingerprint density at radius 1 is 1.23 bits per heavy atom. The van der Waals surface area contributed by atoms with E-state index in [-0.39, 0.29) is 6.42 Å². The van der Waals surface area contributed by atoms with Gasteiger partial charge >= 0.3 is 6.17 Å². The van der Waals surface area contributed by atoms with Crippen LogP contribution in [0.3, 0.4) is 0 Å². The smallest absolute Gasteiger partial charge is 0.390 e. The fourth-order valence-corrected chi connectivity index (χ4v) is 0.767. The first-order chi connectivity index (χ1) is 5.91. The van der Waals surface area contributed by atoms with Gasteiger partial charge in [0.25, 0.3) is 0 Å². The van der Waals surface area contributed by atoms with Crippen LogP contribution in [0.1, 0.15) is 13.3 Å². The number of hydrogen-bond acceptors (Lipinski definition) is 6. The molecular weight excluding hydrogens is 184 g/mol. The summed E-state index contributed by atoms with van der Waals surface area (Å²) in [5, 5.41) is 38.1. The lowest BCUT2D eigenvalue weighted by atomic mass is 10.1. The van der Waals surface area contributed by atoms with Gasteiger partial charge in [0.05, 0.1) is 16.0 Å². The van der Waals surface area contributed by atoms with Crippen LogP contribution >= 0.6 is 0 Å². The maximum absolute atomic E-state index is 10.1. The van der Waals surface area contributed by atoms with Gasteiger partial charge in [0, 0.05) is 0 Å². The first kappa shape index (κ1) is 11.7. The number of hydrogen-bond donors (Lipinski definition) is 2. The highest BCUT2D eigenvalue weighted by atomic mass is 16.7. The van der Waals surface area contributed by atoms with Crippen LogP contribution in [0.5, 0.6) is 0 Å². The molecule has 0 fully saturated rings. The Bertz CT molecular complexity index is 193. The summed E-state index contributed by atoms with van der Waals surface area (Å²) >= 11 is 0. The molecule has 8 heteroatoms. The van der Waals surface area contributed by atoms with Gasteiger partial charge in [-0.2, -0.15) is 0 Å². The topological polar surface area (TPSA) is 127 Å². The summed E-state index contributed by atoms with van der Waals surface area (Å²) in [5.41, 5.74) is 0. The van der Waals surface area contributed by atoms with Crippen molar-refractivity contribution in [1.82, 2.24) is 0 Å². The van der Waals surface area contributed by atoms with E-state index in [0.29, 0.717) is 0 Å². The summed E-state index contributed by atoms with van der Waals surface area (Å²) in [5.74, 6) is 0. The van der Waals surface area contributed by atoms with Gasteiger partial charge in [-0.1, -0.05) is 6.92 Å². The van der Waals surface area contributed by atoms with Crippen LogP contribution in [-0.2, 0) is 0 Å². The minimum Gasteiger partial charge on any atom is -0.390 e. The third-order valence-corrected chi connectivity index (χ3v) is 1.55. The molecule has 0 aliphatic heterocycles. The molecule has 0 aromatic carbocycles. The second-order valence-electron chi connectivity index (χ2n) is 2.45. The molecule has 76 valence electrons. The maximum atomic E-state index is 10.1. The quantitative estimate of drug-likeness (QED) is 0.328. The van der Waals surface area contributed by atoms with E-state index in [1.54, 1.807) is 0 Å². The van der Waals surface area contributed by atoms with E-state index in [1.165, 1.54) is 6.92 Å². The van der Waals surface area contributed by atoms with Crippen LogP contribution in [0, 0.1) is 20.2 Å². The van der Waals surface area contributed by atoms with Gasteiger partial charge in [0.1, 0.15) is 0 Å². The average Bonchev–Trinajstić information content (AvgIpc) is 2.01. The number of nitrogens with zero attached hydrogens (tertiary/aromatic N) is 2. The molecule has 13 heavy (non-hydrogen) atoms. The van der Waals surface area contributed by atoms with Crippen molar-refractivity contribution >= 4 is 0 Å². The SMILES string of the molecule is CCC(O)C(O)C([N+](=O)[O-])[N+](=O)[O-]. The number of rotatable bonds is 5. The van der Waals surface area contributed by atoms with Crippen molar-refractivity contribution < 1.29 is 20.1 Å². The van der Waals surface area contributed by atoms with Crippen molar-refractivity contribution in [3.8, 4) is 0 Å². The highest BCUT2D eigenvalue weighted by Crippen LogP contribution is 2.07. The normalized spacial score (nSPS) is 15.4. The molecule has 0 heterocycles. The molecule has 2 N–H and O–H groups in total. The van der Waals surface area contributed by atoms with E-state index >= 15 is 0 Å². The minimum absolute atomic E-state index is 0.0132. The van der Waals surface area contributed by atoms with Crippen molar-refractivity contribution in [2.75, 3.05) is 0 Å². The summed E-state index contributed by atoms with van der Waals surface area (Å²) in [4.78, 5) is 17.7. The summed E-state index contributed by atoms with van der Waals surface area (Å²) in [6, 6.07) is 0. The average molecular weight is 194 g/mol. The Morgan fingerprint density at radius 3 is 1.85 bits per heavy atom. The number of aliphatic hydroxyl groups is 2. The predicted molar refractivity (Wildman–Crippen MR) is 40.1 cm³/mol. The van der Waals surface area contributed by atoms with E-state index in [2.05, 4.69) is 0 Å². The molecule has 0 aromatic rings. The first-order valence-electron chi connectivity index (χ1n) is 3.55. The van der Waals surface area contributed by atoms with Gasteiger partial charge in [0.15, 0.2) is 0 Å². The molecule has 0 spiro atoms. The van der Waals surface area contributed by atoms with Crippen LogP contribution < -0.4 is 0 Å². The van der Waals surface area contributed by atoms with Gasteiger partial charge in [-0.05, 0) is 6.42 Å². The monoisotopic (exact) mass is 194 g/mol. The summed E-state index contributed by atoms with van der Waals surface area (Å²) < 4.78 is 0. The zero-order valence-corrected chi connectivity index (χ0v) is 6.86. The molecule has 0 aromatic heterocycles. The molecule has 0 bridgehead atoms. The summed E-state index contributed by atoms with van der Waals surface area (Å²) in [6.45, 7) is 1.45. The minimum atomic E-state index is -2.37. The van der Waals surface area contributed by atoms with Gasteiger partial charge in [-0.3, -0.25) is 20.2 Å². The molecule has 0 radical (unpaired) electrons. The largest absolute Gasteiger partial charge is 0.478 e. The van der Waals surface area contributed by atoms with Gasteiger partial charge in [-0.15, -0.1) is 0 Å². The Labute approximate surface area is 73.1 Å². The summed E-state index contributed by atoms with van der Waals surface area (Å²) in [6.07, 6.45) is -5.79. The lowest BCUT2D eigenvalue weighted by Crippen LogP contribution is -2.46. The Morgan fingerprint density at radius 2 is 1.62 bits per heavy atom. The lowest BCUT2D eigenvalue weighted by Gasteiger charge is -2.13. The molecular formula is C5H10N2O6.